The molecule has 32 heavy (non-hydrogen) atoms. The summed E-state index contributed by atoms with van der Waals surface area (Å²) in [5, 5.41) is 2.83. The first-order valence-electron chi connectivity index (χ1n) is 10.8. The summed E-state index contributed by atoms with van der Waals surface area (Å²) < 4.78 is 33.0. The summed E-state index contributed by atoms with van der Waals surface area (Å²) in [5.74, 6) is -0.510. The van der Waals surface area contributed by atoms with E-state index in [2.05, 4.69) is 10.2 Å². The number of Topliss-reactive ketones (excluding diaryl/α,β-unsaturated/α-hetero) is 1. The molecule has 0 aromatic heterocycles. The number of sulfonamides is 1. The number of nitrogens with one attached hydrogen (secondary N) is 1. The Labute approximate surface area is 188 Å². The molecular weight excluding hydrogens is 430 g/mol. The quantitative estimate of drug-likeness (QED) is 0.670. The molecule has 2 aliphatic heterocycles. The molecular formula is C23H27N3O5S. The van der Waals surface area contributed by atoms with Gasteiger partial charge in [-0.1, -0.05) is 12.1 Å². The SMILES string of the molecule is CC(=O)c1cccc(NC(=O)c2cc(S(=O)(=O)N3CCOCC3)ccc2N2CCCC2)c1. The van der Waals surface area contributed by atoms with Gasteiger partial charge < -0.3 is 15.0 Å². The lowest BCUT2D eigenvalue weighted by molar-refractivity contribution is 0.0730. The number of anilines is 2. The summed E-state index contributed by atoms with van der Waals surface area (Å²) in [4.78, 5) is 27.2. The van der Waals surface area contributed by atoms with Gasteiger partial charge >= 0.3 is 0 Å². The maximum Gasteiger partial charge on any atom is 0.257 e. The molecule has 2 saturated heterocycles. The highest BCUT2D eigenvalue weighted by Crippen LogP contribution is 2.29. The van der Waals surface area contributed by atoms with Crippen LogP contribution < -0.4 is 10.2 Å². The molecule has 1 amide bonds. The first-order chi connectivity index (χ1) is 15.4. The predicted octanol–water partition coefficient (Wildman–Crippen LogP) is 2.76. The number of ether oxygens (including phenoxy) is 1. The van der Waals surface area contributed by atoms with Crippen LogP contribution in [0.15, 0.2) is 47.4 Å². The average molecular weight is 458 g/mol. The molecule has 2 aromatic carbocycles. The molecule has 9 heteroatoms. The number of morpholine rings is 1. The van der Waals surface area contributed by atoms with E-state index in [4.69, 9.17) is 4.74 Å². The fraction of sp³-hybridized carbons (Fsp3) is 0.391. The molecule has 0 unspecified atom stereocenters. The van der Waals surface area contributed by atoms with Gasteiger partial charge in [-0.3, -0.25) is 9.59 Å². The Hall–Kier alpha value is -2.75. The summed E-state index contributed by atoms with van der Waals surface area (Å²) in [7, 11) is -3.74. The van der Waals surface area contributed by atoms with Crippen molar-refractivity contribution in [2.45, 2.75) is 24.7 Å². The second-order valence-electron chi connectivity index (χ2n) is 7.98. The van der Waals surface area contributed by atoms with E-state index in [0.29, 0.717) is 35.7 Å². The van der Waals surface area contributed by atoms with Gasteiger partial charge in [0.15, 0.2) is 5.78 Å². The molecule has 0 radical (unpaired) electrons. The van der Waals surface area contributed by atoms with Crippen molar-refractivity contribution in [3.8, 4) is 0 Å². The third-order valence-electron chi connectivity index (χ3n) is 5.79. The van der Waals surface area contributed by atoms with E-state index < -0.39 is 15.9 Å². The molecule has 170 valence electrons. The molecule has 4 rings (SSSR count). The van der Waals surface area contributed by atoms with Crippen LogP contribution in [0.2, 0.25) is 0 Å². The third-order valence-corrected chi connectivity index (χ3v) is 7.69. The Kier molecular flexibility index (Phi) is 6.59. The van der Waals surface area contributed by atoms with Crippen LogP contribution in [0.3, 0.4) is 0 Å². The highest BCUT2D eigenvalue weighted by atomic mass is 32.2. The Morgan fingerprint density at radius 3 is 2.38 bits per heavy atom. The van der Waals surface area contributed by atoms with Crippen molar-refractivity contribution in [1.29, 1.82) is 0 Å². The molecule has 0 bridgehead atoms. The predicted molar refractivity (Wildman–Crippen MR) is 122 cm³/mol. The molecule has 2 heterocycles. The van der Waals surface area contributed by atoms with Gasteiger partial charge in [0, 0.05) is 43.1 Å². The van der Waals surface area contributed by atoms with Crippen molar-refractivity contribution in [3.63, 3.8) is 0 Å². The van der Waals surface area contributed by atoms with Gasteiger partial charge in [0.25, 0.3) is 5.91 Å². The number of hydrogen-bond acceptors (Lipinski definition) is 6. The highest BCUT2D eigenvalue weighted by molar-refractivity contribution is 7.89. The molecule has 8 nitrogen and oxygen atoms in total. The monoisotopic (exact) mass is 457 g/mol. The molecule has 1 N–H and O–H groups in total. The largest absolute Gasteiger partial charge is 0.379 e. The number of hydrogen-bond donors (Lipinski definition) is 1. The maximum absolute atomic E-state index is 13.3. The van der Waals surface area contributed by atoms with Gasteiger partial charge in [-0.15, -0.1) is 0 Å². The zero-order valence-corrected chi connectivity index (χ0v) is 18.9. The molecule has 2 aliphatic rings. The molecule has 0 aliphatic carbocycles. The molecule has 0 atom stereocenters. The van der Waals surface area contributed by atoms with Gasteiger partial charge in [0.05, 0.1) is 23.7 Å². The minimum absolute atomic E-state index is 0.0879. The standard InChI is InChI=1S/C23H27N3O5S/c1-17(27)18-5-4-6-19(15-18)24-23(28)21-16-20(7-8-22(21)25-9-2-3-10-25)32(29,30)26-11-13-31-14-12-26/h4-8,15-16H,2-3,9-14H2,1H3,(H,24,28). The summed E-state index contributed by atoms with van der Waals surface area (Å²) in [5.41, 5.74) is 1.99. The fourth-order valence-corrected chi connectivity index (χ4v) is 5.48. The second-order valence-corrected chi connectivity index (χ2v) is 9.92. The van der Waals surface area contributed by atoms with Crippen LogP contribution in [0.5, 0.6) is 0 Å². The lowest BCUT2D eigenvalue weighted by Gasteiger charge is -2.27. The number of carbonyl (C=O) groups excluding carboxylic acids is 2. The number of nitrogens with zero attached hydrogens (tertiary/aromatic N) is 2. The fourth-order valence-electron chi connectivity index (χ4n) is 4.04. The zero-order valence-electron chi connectivity index (χ0n) is 18.0. The van der Waals surface area contributed by atoms with E-state index in [0.717, 1.165) is 25.9 Å². The normalized spacial score (nSPS) is 17.3. The summed E-state index contributed by atoms with van der Waals surface area (Å²) in [6.07, 6.45) is 2.05. The number of rotatable bonds is 6. The summed E-state index contributed by atoms with van der Waals surface area (Å²) in [6, 6.07) is 11.5. The third kappa shape index (κ3) is 4.69. The van der Waals surface area contributed by atoms with Crippen molar-refractivity contribution >= 4 is 33.1 Å². The molecule has 0 spiro atoms. The van der Waals surface area contributed by atoms with Crippen LogP contribution in [-0.2, 0) is 14.8 Å². The van der Waals surface area contributed by atoms with E-state index in [-0.39, 0.29) is 23.8 Å². The Balaban J connectivity index is 1.69. The van der Waals surface area contributed by atoms with Gasteiger partial charge in [-0.2, -0.15) is 4.31 Å². The van der Waals surface area contributed by atoms with Gasteiger partial charge in [-0.25, -0.2) is 8.42 Å². The van der Waals surface area contributed by atoms with E-state index in [1.807, 2.05) is 0 Å². The van der Waals surface area contributed by atoms with Gasteiger partial charge in [0.2, 0.25) is 10.0 Å². The zero-order chi connectivity index (χ0) is 22.7. The van der Waals surface area contributed by atoms with Crippen molar-refractivity contribution in [2.24, 2.45) is 0 Å². The van der Waals surface area contributed by atoms with Crippen LogP contribution in [0.4, 0.5) is 11.4 Å². The Morgan fingerprint density at radius 2 is 1.69 bits per heavy atom. The second kappa shape index (κ2) is 9.40. The van der Waals surface area contributed by atoms with Crippen LogP contribution in [0.1, 0.15) is 40.5 Å². The number of benzene rings is 2. The lowest BCUT2D eigenvalue weighted by atomic mass is 10.1. The molecule has 2 aromatic rings. The summed E-state index contributed by atoms with van der Waals surface area (Å²) in [6.45, 7) is 4.37. The maximum atomic E-state index is 13.3. The van der Waals surface area contributed by atoms with Crippen LogP contribution in [0.25, 0.3) is 0 Å². The van der Waals surface area contributed by atoms with Crippen molar-refractivity contribution in [1.82, 2.24) is 4.31 Å². The van der Waals surface area contributed by atoms with Crippen molar-refractivity contribution in [3.05, 3.63) is 53.6 Å². The first-order valence-corrected chi connectivity index (χ1v) is 12.2. The Morgan fingerprint density at radius 1 is 0.969 bits per heavy atom. The minimum Gasteiger partial charge on any atom is -0.379 e. The topological polar surface area (TPSA) is 96.0 Å². The highest BCUT2D eigenvalue weighted by Gasteiger charge is 2.29. The van der Waals surface area contributed by atoms with Crippen molar-refractivity contribution in [2.75, 3.05) is 49.6 Å². The first kappa shape index (κ1) is 22.4. The molecule has 0 saturated carbocycles. The van der Waals surface area contributed by atoms with E-state index in [1.165, 1.54) is 17.3 Å². The van der Waals surface area contributed by atoms with Crippen molar-refractivity contribution < 1.29 is 22.7 Å². The van der Waals surface area contributed by atoms with E-state index in [1.54, 1.807) is 36.4 Å². The Bertz CT molecular complexity index is 1120. The summed E-state index contributed by atoms with van der Waals surface area (Å²) >= 11 is 0. The van der Waals surface area contributed by atoms with E-state index >= 15 is 0 Å². The number of ketones is 1. The van der Waals surface area contributed by atoms with Gasteiger partial charge in [0.1, 0.15) is 0 Å². The van der Waals surface area contributed by atoms with Crippen LogP contribution >= 0.6 is 0 Å². The number of amides is 1. The lowest BCUT2D eigenvalue weighted by Crippen LogP contribution is -2.40. The van der Waals surface area contributed by atoms with E-state index in [9.17, 15) is 18.0 Å². The molecule has 2 fully saturated rings. The van der Waals surface area contributed by atoms with Gasteiger partial charge in [-0.05, 0) is 50.1 Å². The van der Waals surface area contributed by atoms with Crippen LogP contribution in [-0.4, -0.2) is 63.8 Å². The average Bonchev–Trinajstić information content (AvgIpc) is 3.34. The minimum atomic E-state index is -3.74. The van der Waals surface area contributed by atoms with Crippen LogP contribution in [0, 0.1) is 0 Å². The smallest absolute Gasteiger partial charge is 0.257 e. The number of carbonyl (C=O) groups is 2.